The topological polar surface area (TPSA) is 84.9 Å². The van der Waals surface area contributed by atoms with Crippen LogP contribution in [0.25, 0.3) is 0 Å². The van der Waals surface area contributed by atoms with Crippen LogP contribution in [0.15, 0.2) is 23.3 Å². The van der Waals surface area contributed by atoms with Crippen LogP contribution in [-0.4, -0.2) is 47.1 Å². The molecule has 0 rings (SSSR count). The van der Waals surface area contributed by atoms with Gasteiger partial charge in [-0.15, -0.1) is 11.8 Å². The standard InChI is InChI=1S/C20H35NO5S/c1-9-13(2)17(21-19(24)26-20(5,6)7)15(4)16(25-12-27-8)11-10-14(3)18(22)23/h9-10,15-17H,11-12H2,1-8H3,(H,21,24)(H,22,23)/b13-9+,14-10+/t15-,16+,17+/m0/s1. The van der Waals surface area contributed by atoms with Crippen molar-refractivity contribution in [1.29, 1.82) is 0 Å². The number of rotatable bonds is 10. The van der Waals surface area contributed by atoms with E-state index in [0.29, 0.717) is 12.4 Å². The number of alkyl carbamates (subject to hydrolysis) is 1. The van der Waals surface area contributed by atoms with Crippen molar-refractivity contribution in [3.8, 4) is 0 Å². The number of carbonyl (C=O) groups is 2. The van der Waals surface area contributed by atoms with Gasteiger partial charge in [0.25, 0.3) is 0 Å². The van der Waals surface area contributed by atoms with Crippen molar-refractivity contribution in [3.05, 3.63) is 23.3 Å². The minimum absolute atomic E-state index is 0.0845. The van der Waals surface area contributed by atoms with Gasteiger partial charge in [0.05, 0.1) is 18.1 Å². The highest BCUT2D eigenvalue weighted by molar-refractivity contribution is 7.98. The van der Waals surface area contributed by atoms with Gasteiger partial charge in [-0.05, 0) is 54.2 Å². The first kappa shape index (κ1) is 25.5. The van der Waals surface area contributed by atoms with Crippen LogP contribution in [0, 0.1) is 5.92 Å². The van der Waals surface area contributed by atoms with E-state index in [9.17, 15) is 9.59 Å². The smallest absolute Gasteiger partial charge is 0.408 e. The zero-order chi connectivity index (χ0) is 21.2. The first-order chi connectivity index (χ1) is 12.4. The Morgan fingerprint density at radius 3 is 2.30 bits per heavy atom. The van der Waals surface area contributed by atoms with Crippen molar-refractivity contribution in [3.63, 3.8) is 0 Å². The molecule has 0 fully saturated rings. The summed E-state index contributed by atoms with van der Waals surface area (Å²) in [6.07, 6.45) is 5.27. The van der Waals surface area contributed by atoms with Crippen molar-refractivity contribution in [2.45, 2.75) is 72.6 Å². The van der Waals surface area contributed by atoms with Crippen LogP contribution in [0.3, 0.4) is 0 Å². The number of ether oxygens (including phenoxy) is 2. The molecule has 0 radical (unpaired) electrons. The normalized spacial score (nSPS) is 16.4. The SMILES string of the molecule is C/C=C(\C)[C@@H](NC(=O)OC(C)(C)C)[C@@H](C)[C@@H](C/C=C(\C)C(=O)O)OCSC. The van der Waals surface area contributed by atoms with Crippen molar-refractivity contribution in [2.24, 2.45) is 5.92 Å². The predicted octanol–water partition coefficient (Wildman–Crippen LogP) is 4.61. The lowest BCUT2D eigenvalue weighted by atomic mass is 9.88. The lowest BCUT2D eigenvalue weighted by molar-refractivity contribution is -0.132. The van der Waals surface area contributed by atoms with Gasteiger partial charge in [-0.1, -0.05) is 24.6 Å². The van der Waals surface area contributed by atoms with Gasteiger partial charge in [0.1, 0.15) is 5.60 Å². The minimum Gasteiger partial charge on any atom is -0.478 e. The van der Waals surface area contributed by atoms with Crippen molar-refractivity contribution in [2.75, 3.05) is 12.2 Å². The molecule has 0 heterocycles. The number of carbonyl (C=O) groups excluding carboxylic acids is 1. The van der Waals surface area contributed by atoms with Crippen molar-refractivity contribution >= 4 is 23.8 Å². The Balaban J connectivity index is 5.45. The lowest BCUT2D eigenvalue weighted by Crippen LogP contribution is -2.46. The van der Waals surface area contributed by atoms with E-state index in [-0.39, 0.29) is 23.6 Å². The molecule has 2 N–H and O–H groups in total. The summed E-state index contributed by atoms with van der Waals surface area (Å²) in [6.45, 7) is 12.9. The van der Waals surface area contributed by atoms with Gasteiger partial charge in [-0.3, -0.25) is 0 Å². The molecule has 0 aromatic carbocycles. The molecule has 0 aliphatic rings. The molecule has 27 heavy (non-hydrogen) atoms. The average molecular weight is 402 g/mol. The number of hydrogen-bond donors (Lipinski definition) is 2. The number of allylic oxidation sites excluding steroid dienone is 1. The molecule has 0 bridgehead atoms. The molecule has 3 atom stereocenters. The summed E-state index contributed by atoms with van der Waals surface area (Å²) in [5, 5.41) is 12.0. The maximum atomic E-state index is 12.3. The molecule has 0 saturated heterocycles. The number of carboxylic acid groups (broad SMARTS) is 1. The van der Waals surface area contributed by atoms with E-state index in [1.807, 2.05) is 53.9 Å². The molecule has 0 spiro atoms. The second-order valence-corrected chi connectivity index (χ2v) is 8.37. The van der Waals surface area contributed by atoms with Gasteiger partial charge in [-0.2, -0.15) is 0 Å². The van der Waals surface area contributed by atoms with E-state index < -0.39 is 17.7 Å². The Morgan fingerprint density at radius 1 is 1.26 bits per heavy atom. The highest BCUT2D eigenvalue weighted by atomic mass is 32.2. The number of carboxylic acids is 1. The van der Waals surface area contributed by atoms with Crippen LogP contribution in [-0.2, 0) is 14.3 Å². The molecule has 0 unspecified atom stereocenters. The van der Waals surface area contributed by atoms with Crippen molar-refractivity contribution in [1.82, 2.24) is 5.32 Å². The second kappa shape index (κ2) is 12.1. The van der Waals surface area contributed by atoms with Crippen LogP contribution in [0.4, 0.5) is 4.79 Å². The number of nitrogens with one attached hydrogen (secondary N) is 1. The van der Waals surface area contributed by atoms with Crippen LogP contribution >= 0.6 is 11.8 Å². The largest absolute Gasteiger partial charge is 0.478 e. The van der Waals surface area contributed by atoms with Gasteiger partial charge in [0.2, 0.25) is 0 Å². The maximum absolute atomic E-state index is 12.3. The zero-order valence-corrected chi connectivity index (χ0v) is 18.6. The summed E-state index contributed by atoms with van der Waals surface area (Å²) in [6, 6.07) is -0.282. The summed E-state index contributed by atoms with van der Waals surface area (Å²) in [5.74, 6) is -0.540. The fraction of sp³-hybridized carbons (Fsp3) is 0.700. The van der Waals surface area contributed by atoms with Crippen molar-refractivity contribution < 1.29 is 24.2 Å². The van der Waals surface area contributed by atoms with E-state index in [1.54, 1.807) is 24.8 Å². The number of aliphatic carboxylic acids is 1. The first-order valence-electron chi connectivity index (χ1n) is 9.05. The Labute approximate surface area is 167 Å². The number of hydrogen-bond acceptors (Lipinski definition) is 5. The van der Waals surface area contributed by atoms with Gasteiger partial charge in [-0.25, -0.2) is 9.59 Å². The van der Waals surface area contributed by atoms with Gasteiger partial charge in [0.15, 0.2) is 0 Å². The molecule has 0 aliphatic heterocycles. The maximum Gasteiger partial charge on any atom is 0.408 e. The molecular weight excluding hydrogens is 366 g/mol. The Hall–Kier alpha value is -1.47. The molecule has 7 heteroatoms. The fourth-order valence-electron chi connectivity index (χ4n) is 2.46. The summed E-state index contributed by atoms with van der Waals surface area (Å²) < 4.78 is 11.3. The third kappa shape index (κ3) is 10.4. The van der Waals surface area contributed by atoms with E-state index in [0.717, 1.165) is 5.57 Å². The zero-order valence-electron chi connectivity index (χ0n) is 17.8. The molecular formula is C20H35NO5S. The van der Waals surface area contributed by atoms with Gasteiger partial charge < -0.3 is 19.9 Å². The summed E-state index contributed by atoms with van der Waals surface area (Å²) in [4.78, 5) is 23.4. The van der Waals surface area contributed by atoms with Crippen LogP contribution in [0.1, 0.15) is 54.9 Å². The van der Waals surface area contributed by atoms with Gasteiger partial charge >= 0.3 is 12.1 Å². The monoisotopic (exact) mass is 401 g/mol. The second-order valence-electron chi connectivity index (χ2n) is 7.56. The third-order valence-corrected chi connectivity index (χ3v) is 4.50. The number of thioether (sulfide) groups is 1. The predicted molar refractivity (Wildman–Crippen MR) is 111 cm³/mol. The Kier molecular flexibility index (Phi) is 11.4. The fourth-order valence-corrected chi connectivity index (χ4v) is 2.77. The molecule has 156 valence electrons. The molecule has 0 aliphatic carbocycles. The van der Waals surface area contributed by atoms with Crippen LogP contribution in [0.2, 0.25) is 0 Å². The van der Waals surface area contributed by atoms with E-state index >= 15 is 0 Å². The highest BCUT2D eigenvalue weighted by Gasteiger charge is 2.30. The summed E-state index contributed by atoms with van der Waals surface area (Å²) >= 11 is 1.55. The molecule has 1 amide bonds. The third-order valence-electron chi connectivity index (χ3n) is 4.12. The molecule has 0 aromatic heterocycles. The van der Waals surface area contributed by atoms with E-state index in [1.165, 1.54) is 0 Å². The summed E-state index contributed by atoms with van der Waals surface area (Å²) in [5.41, 5.74) is 0.682. The Bertz CT molecular complexity index is 551. The quantitative estimate of drug-likeness (QED) is 0.316. The average Bonchev–Trinajstić information content (AvgIpc) is 2.56. The molecule has 6 nitrogen and oxygen atoms in total. The molecule has 0 saturated carbocycles. The summed E-state index contributed by atoms with van der Waals surface area (Å²) in [7, 11) is 0. The molecule has 0 aromatic rings. The van der Waals surface area contributed by atoms with Gasteiger partial charge in [0, 0.05) is 11.5 Å². The van der Waals surface area contributed by atoms with E-state index in [2.05, 4.69) is 5.32 Å². The minimum atomic E-state index is -0.945. The lowest BCUT2D eigenvalue weighted by Gasteiger charge is -2.32. The number of amides is 1. The first-order valence-corrected chi connectivity index (χ1v) is 10.4. The Morgan fingerprint density at radius 2 is 1.85 bits per heavy atom. The highest BCUT2D eigenvalue weighted by Crippen LogP contribution is 2.23. The van der Waals surface area contributed by atoms with Crippen LogP contribution < -0.4 is 5.32 Å². The van der Waals surface area contributed by atoms with Crippen LogP contribution in [0.5, 0.6) is 0 Å². The van der Waals surface area contributed by atoms with E-state index in [4.69, 9.17) is 14.6 Å².